The molecule has 0 atom stereocenters. The SMILES string of the molecule is N=C(N)c1cnc(OCc2ccccc2)cn1. The fourth-order valence-corrected chi connectivity index (χ4v) is 1.26. The second-order valence-electron chi connectivity index (χ2n) is 3.43. The summed E-state index contributed by atoms with van der Waals surface area (Å²) in [6.45, 7) is 0.439. The number of nitrogens with two attached hydrogens (primary N) is 1. The molecule has 2 aromatic rings. The van der Waals surface area contributed by atoms with Crippen LogP contribution >= 0.6 is 0 Å². The molecule has 86 valence electrons. The van der Waals surface area contributed by atoms with Crippen LogP contribution in [0, 0.1) is 5.41 Å². The van der Waals surface area contributed by atoms with Crippen LogP contribution in [-0.4, -0.2) is 15.8 Å². The Bertz CT molecular complexity index is 496. The Kier molecular flexibility index (Phi) is 3.30. The summed E-state index contributed by atoms with van der Waals surface area (Å²) in [5, 5.41) is 7.18. The van der Waals surface area contributed by atoms with Crippen molar-refractivity contribution in [2.24, 2.45) is 5.73 Å². The van der Waals surface area contributed by atoms with Crippen molar-refractivity contribution in [2.45, 2.75) is 6.61 Å². The first-order valence-electron chi connectivity index (χ1n) is 5.09. The first kappa shape index (κ1) is 11.1. The number of benzene rings is 1. The van der Waals surface area contributed by atoms with Gasteiger partial charge in [0.05, 0.1) is 12.4 Å². The van der Waals surface area contributed by atoms with Gasteiger partial charge in [-0.05, 0) is 5.56 Å². The first-order chi connectivity index (χ1) is 8.25. The van der Waals surface area contributed by atoms with Gasteiger partial charge in [0.2, 0.25) is 5.88 Å². The Morgan fingerprint density at radius 2 is 1.94 bits per heavy atom. The second-order valence-corrected chi connectivity index (χ2v) is 3.43. The Labute approximate surface area is 98.8 Å². The molecule has 5 heteroatoms. The third kappa shape index (κ3) is 3.01. The molecule has 0 spiro atoms. The van der Waals surface area contributed by atoms with E-state index >= 15 is 0 Å². The van der Waals surface area contributed by atoms with Gasteiger partial charge in [-0.15, -0.1) is 0 Å². The predicted molar refractivity (Wildman–Crippen MR) is 63.8 cm³/mol. The zero-order chi connectivity index (χ0) is 12.1. The summed E-state index contributed by atoms with van der Waals surface area (Å²) in [4.78, 5) is 7.96. The number of rotatable bonds is 4. The van der Waals surface area contributed by atoms with Crippen LogP contribution in [0.5, 0.6) is 5.88 Å². The van der Waals surface area contributed by atoms with Gasteiger partial charge < -0.3 is 10.5 Å². The Hall–Kier alpha value is -2.43. The summed E-state index contributed by atoms with van der Waals surface area (Å²) >= 11 is 0. The number of nitrogen functional groups attached to an aromatic ring is 1. The molecule has 1 heterocycles. The molecule has 1 aromatic heterocycles. The molecule has 5 nitrogen and oxygen atoms in total. The highest BCUT2D eigenvalue weighted by atomic mass is 16.5. The molecule has 0 aliphatic rings. The van der Waals surface area contributed by atoms with Gasteiger partial charge in [-0.1, -0.05) is 30.3 Å². The first-order valence-corrected chi connectivity index (χ1v) is 5.09. The van der Waals surface area contributed by atoms with Gasteiger partial charge in [0, 0.05) is 0 Å². The monoisotopic (exact) mass is 228 g/mol. The molecule has 0 fully saturated rings. The molecular formula is C12H12N4O. The third-order valence-corrected chi connectivity index (χ3v) is 2.13. The largest absolute Gasteiger partial charge is 0.472 e. The van der Waals surface area contributed by atoms with Crippen molar-refractivity contribution in [2.75, 3.05) is 0 Å². The summed E-state index contributed by atoms with van der Waals surface area (Å²) in [6.07, 6.45) is 2.88. The van der Waals surface area contributed by atoms with Crippen molar-refractivity contribution in [3.8, 4) is 5.88 Å². The number of hydrogen-bond donors (Lipinski definition) is 2. The third-order valence-electron chi connectivity index (χ3n) is 2.13. The smallest absolute Gasteiger partial charge is 0.232 e. The molecule has 1 aromatic carbocycles. The molecule has 0 unspecified atom stereocenters. The van der Waals surface area contributed by atoms with Gasteiger partial charge >= 0.3 is 0 Å². The average molecular weight is 228 g/mol. The minimum atomic E-state index is -0.105. The van der Waals surface area contributed by atoms with Gasteiger partial charge in [-0.3, -0.25) is 5.41 Å². The fourth-order valence-electron chi connectivity index (χ4n) is 1.26. The zero-order valence-electron chi connectivity index (χ0n) is 9.13. The van der Waals surface area contributed by atoms with E-state index in [0.717, 1.165) is 5.56 Å². The second kappa shape index (κ2) is 5.07. The topological polar surface area (TPSA) is 84.9 Å². The number of ether oxygens (including phenoxy) is 1. The summed E-state index contributed by atoms with van der Waals surface area (Å²) in [5.74, 6) is 0.311. The summed E-state index contributed by atoms with van der Waals surface area (Å²) < 4.78 is 5.44. The summed E-state index contributed by atoms with van der Waals surface area (Å²) in [5.41, 5.74) is 6.67. The molecule has 0 aliphatic heterocycles. The van der Waals surface area contributed by atoms with Gasteiger partial charge in [0.15, 0.2) is 0 Å². The van der Waals surface area contributed by atoms with Crippen LogP contribution in [0.25, 0.3) is 0 Å². The normalized spacial score (nSPS) is 9.88. The molecule has 0 bridgehead atoms. The number of hydrogen-bond acceptors (Lipinski definition) is 4. The van der Waals surface area contributed by atoms with Crippen molar-refractivity contribution in [3.05, 3.63) is 54.0 Å². The maximum atomic E-state index is 7.18. The molecule has 2 rings (SSSR count). The van der Waals surface area contributed by atoms with E-state index in [1.165, 1.54) is 12.4 Å². The van der Waals surface area contributed by atoms with E-state index in [1.807, 2.05) is 30.3 Å². The van der Waals surface area contributed by atoms with Crippen LogP contribution in [0.15, 0.2) is 42.7 Å². The molecule has 0 aliphatic carbocycles. The number of nitrogens with one attached hydrogen (secondary N) is 1. The van der Waals surface area contributed by atoms with Crippen LogP contribution in [0.3, 0.4) is 0 Å². The predicted octanol–water partition coefficient (Wildman–Crippen LogP) is 1.34. The molecular weight excluding hydrogens is 216 g/mol. The minimum Gasteiger partial charge on any atom is -0.472 e. The summed E-state index contributed by atoms with van der Waals surface area (Å²) in [7, 11) is 0. The number of aromatic nitrogens is 2. The highest BCUT2D eigenvalue weighted by Gasteiger charge is 2.01. The van der Waals surface area contributed by atoms with Crippen LogP contribution in [0.4, 0.5) is 0 Å². The molecule has 0 saturated carbocycles. The molecule has 17 heavy (non-hydrogen) atoms. The Morgan fingerprint density at radius 3 is 2.53 bits per heavy atom. The van der Waals surface area contributed by atoms with Crippen molar-refractivity contribution in [1.29, 1.82) is 5.41 Å². The van der Waals surface area contributed by atoms with E-state index in [1.54, 1.807) is 0 Å². The molecule has 0 radical (unpaired) electrons. The van der Waals surface area contributed by atoms with Crippen molar-refractivity contribution in [3.63, 3.8) is 0 Å². The van der Waals surface area contributed by atoms with Crippen molar-refractivity contribution < 1.29 is 4.74 Å². The van der Waals surface area contributed by atoms with E-state index in [2.05, 4.69) is 9.97 Å². The van der Waals surface area contributed by atoms with E-state index < -0.39 is 0 Å². The van der Waals surface area contributed by atoms with E-state index in [0.29, 0.717) is 18.2 Å². The Balaban J connectivity index is 1.98. The quantitative estimate of drug-likeness (QED) is 0.610. The molecule has 0 amide bonds. The minimum absolute atomic E-state index is 0.105. The summed E-state index contributed by atoms with van der Waals surface area (Å²) in [6, 6.07) is 9.78. The van der Waals surface area contributed by atoms with Crippen LogP contribution in [-0.2, 0) is 6.61 Å². The van der Waals surface area contributed by atoms with E-state index in [-0.39, 0.29) is 5.84 Å². The lowest BCUT2D eigenvalue weighted by Gasteiger charge is -2.05. The number of nitrogens with zero attached hydrogens (tertiary/aromatic N) is 2. The lowest BCUT2D eigenvalue weighted by Crippen LogP contribution is -2.13. The zero-order valence-corrected chi connectivity index (χ0v) is 9.13. The fraction of sp³-hybridized carbons (Fsp3) is 0.0833. The lowest BCUT2D eigenvalue weighted by atomic mass is 10.2. The Morgan fingerprint density at radius 1 is 1.18 bits per heavy atom. The number of amidine groups is 1. The van der Waals surface area contributed by atoms with Gasteiger partial charge in [0.1, 0.15) is 18.1 Å². The average Bonchev–Trinajstić information content (AvgIpc) is 2.38. The highest BCUT2D eigenvalue weighted by Crippen LogP contribution is 2.07. The lowest BCUT2D eigenvalue weighted by molar-refractivity contribution is 0.292. The van der Waals surface area contributed by atoms with Crippen molar-refractivity contribution in [1.82, 2.24) is 9.97 Å². The maximum absolute atomic E-state index is 7.18. The van der Waals surface area contributed by atoms with E-state index in [9.17, 15) is 0 Å². The van der Waals surface area contributed by atoms with Gasteiger partial charge in [-0.25, -0.2) is 9.97 Å². The van der Waals surface area contributed by atoms with Crippen molar-refractivity contribution >= 4 is 5.84 Å². The van der Waals surface area contributed by atoms with Crippen LogP contribution in [0.1, 0.15) is 11.3 Å². The van der Waals surface area contributed by atoms with Crippen LogP contribution < -0.4 is 10.5 Å². The van der Waals surface area contributed by atoms with Gasteiger partial charge in [0.25, 0.3) is 0 Å². The van der Waals surface area contributed by atoms with Crippen LogP contribution in [0.2, 0.25) is 0 Å². The molecule has 3 N–H and O–H groups in total. The highest BCUT2D eigenvalue weighted by molar-refractivity contribution is 5.92. The van der Waals surface area contributed by atoms with E-state index in [4.69, 9.17) is 15.9 Å². The standard InChI is InChI=1S/C12H12N4O/c13-12(14)10-6-16-11(7-15-10)17-8-9-4-2-1-3-5-9/h1-7H,8H2,(H3,13,14). The van der Waals surface area contributed by atoms with Gasteiger partial charge in [-0.2, -0.15) is 0 Å². The molecule has 0 saturated heterocycles. The maximum Gasteiger partial charge on any atom is 0.232 e.